The second kappa shape index (κ2) is 7.84. The fourth-order valence-corrected chi connectivity index (χ4v) is 5.07. The smallest absolute Gasteiger partial charge is 0.253 e. The molecule has 0 atom stereocenters. The number of carbonyl (C=O) groups is 4. The van der Waals surface area contributed by atoms with Crippen molar-refractivity contribution < 1.29 is 28.7 Å². The number of nitrogens with zero attached hydrogens (tertiary/aromatic N) is 2. The maximum atomic E-state index is 11.5. The van der Waals surface area contributed by atoms with Gasteiger partial charge in [-0.3, -0.25) is 29.0 Å². The van der Waals surface area contributed by atoms with Crippen molar-refractivity contribution in [1.29, 1.82) is 0 Å². The van der Waals surface area contributed by atoms with E-state index in [4.69, 9.17) is 9.47 Å². The second-order valence-electron chi connectivity index (χ2n) is 8.67. The Balaban J connectivity index is 1.02. The van der Waals surface area contributed by atoms with E-state index in [9.17, 15) is 19.2 Å². The Bertz CT molecular complexity index is 668. The van der Waals surface area contributed by atoms with Gasteiger partial charge >= 0.3 is 0 Å². The molecule has 0 unspecified atom stereocenters. The van der Waals surface area contributed by atoms with Crippen molar-refractivity contribution in [3.8, 4) is 0 Å². The van der Waals surface area contributed by atoms with Crippen LogP contribution in [-0.2, 0) is 28.7 Å². The molecule has 0 aromatic rings. The average molecular weight is 402 g/mol. The molecule has 4 amide bonds. The average Bonchev–Trinajstić information content (AvgIpc) is 3.12. The highest BCUT2D eigenvalue weighted by Gasteiger charge is 2.67. The van der Waals surface area contributed by atoms with Gasteiger partial charge in [0.1, 0.15) is 0 Å². The quantitative estimate of drug-likeness (QED) is 0.354. The second-order valence-corrected chi connectivity index (χ2v) is 8.67. The van der Waals surface area contributed by atoms with Gasteiger partial charge in [0.05, 0.1) is 13.2 Å². The molecule has 3 saturated carbocycles. The third-order valence-electron chi connectivity index (χ3n) is 6.21. The lowest BCUT2D eigenvalue weighted by Crippen LogP contribution is -2.65. The molecule has 8 nitrogen and oxygen atoms in total. The van der Waals surface area contributed by atoms with Crippen LogP contribution in [0.4, 0.5) is 0 Å². The maximum absolute atomic E-state index is 11.5. The zero-order valence-electron chi connectivity index (χ0n) is 16.4. The minimum absolute atomic E-state index is 0.244. The lowest BCUT2D eigenvalue weighted by molar-refractivity contribution is -0.253. The van der Waals surface area contributed by atoms with Crippen LogP contribution in [0.1, 0.15) is 32.1 Å². The first kappa shape index (κ1) is 20.0. The van der Waals surface area contributed by atoms with E-state index in [1.807, 2.05) is 0 Å². The molecule has 3 fully saturated rings. The summed E-state index contributed by atoms with van der Waals surface area (Å²) in [6, 6.07) is 0. The number of ether oxygens (including phenoxy) is 2. The molecule has 3 aliphatic carbocycles. The number of imide groups is 2. The van der Waals surface area contributed by atoms with Crippen LogP contribution in [0.15, 0.2) is 24.3 Å². The van der Waals surface area contributed by atoms with E-state index in [1.54, 1.807) is 0 Å². The van der Waals surface area contributed by atoms with Gasteiger partial charge in [-0.15, -0.1) is 0 Å². The van der Waals surface area contributed by atoms with Gasteiger partial charge in [0, 0.05) is 50.6 Å². The molecule has 0 spiro atoms. The summed E-state index contributed by atoms with van der Waals surface area (Å²) in [4.78, 5) is 48.3. The number of amides is 4. The van der Waals surface area contributed by atoms with E-state index in [-0.39, 0.29) is 34.5 Å². The molecule has 2 aliphatic heterocycles. The predicted molar refractivity (Wildman–Crippen MR) is 101 cm³/mol. The van der Waals surface area contributed by atoms with Gasteiger partial charge < -0.3 is 9.47 Å². The molecule has 8 heteroatoms. The Morgan fingerprint density at radius 1 is 0.655 bits per heavy atom. The van der Waals surface area contributed by atoms with Crippen LogP contribution >= 0.6 is 0 Å². The lowest BCUT2D eigenvalue weighted by Gasteiger charge is -2.70. The van der Waals surface area contributed by atoms with Gasteiger partial charge in [-0.25, -0.2) is 0 Å². The van der Waals surface area contributed by atoms with Gasteiger partial charge in [0.25, 0.3) is 23.6 Å². The Kier molecular flexibility index (Phi) is 5.40. The van der Waals surface area contributed by atoms with Crippen LogP contribution in [0, 0.1) is 10.8 Å². The SMILES string of the molecule is O=C1C=CC(=O)N1CCCOCC12CC(COCCCN3C(=O)C=CC3=O)(C1)C2. The minimum atomic E-state index is -0.244. The van der Waals surface area contributed by atoms with Crippen LogP contribution < -0.4 is 0 Å². The molecule has 2 bridgehead atoms. The largest absolute Gasteiger partial charge is 0.381 e. The first-order valence-electron chi connectivity index (χ1n) is 10.1. The van der Waals surface area contributed by atoms with Gasteiger partial charge in [-0.1, -0.05) is 0 Å². The topological polar surface area (TPSA) is 93.2 Å². The summed E-state index contributed by atoms with van der Waals surface area (Å²) < 4.78 is 11.6. The summed E-state index contributed by atoms with van der Waals surface area (Å²) >= 11 is 0. The molecular weight excluding hydrogens is 376 g/mol. The van der Waals surface area contributed by atoms with Crippen LogP contribution in [-0.4, -0.2) is 72.9 Å². The fraction of sp³-hybridized carbons (Fsp3) is 0.619. The van der Waals surface area contributed by atoms with Crippen molar-refractivity contribution in [2.75, 3.05) is 39.5 Å². The van der Waals surface area contributed by atoms with Crippen molar-refractivity contribution in [3.05, 3.63) is 24.3 Å². The molecule has 0 N–H and O–H groups in total. The van der Waals surface area contributed by atoms with Crippen molar-refractivity contribution in [2.24, 2.45) is 10.8 Å². The van der Waals surface area contributed by atoms with Crippen molar-refractivity contribution >= 4 is 23.6 Å². The lowest BCUT2D eigenvalue weighted by atomic mass is 9.35. The normalized spacial score (nSPS) is 29.8. The van der Waals surface area contributed by atoms with Crippen LogP contribution in [0.2, 0.25) is 0 Å². The number of rotatable bonds is 12. The first-order chi connectivity index (χ1) is 13.9. The van der Waals surface area contributed by atoms with Gasteiger partial charge in [0.2, 0.25) is 0 Å². The van der Waals surface area contributed by atoms with Crippen molar-refractivity contribution in [1.82, 2.24) is 9.80 Å². The predicted octanol–water partition coefficient (Wildman–Crippen LogP) is 0.820. The Hall–Kier alpha value is -2.32. The van der Waals surface area contributed by atoms with E-state index >= 15 is 0 Å². The summed E-state index contributed by atoms with van der Waals surface area (Å²) in [5, 5.41) is 0. The van der Waals surface area contributed by atoms with Gasteiger partial charge in [-0.05, 0) is 42.9 Å². The summed E-state index contributed by atoms with van der Waals surface area (Å²) in [5.41, 5.74) is 0.564. The molecule has 156 valence electrons. The first-order valence-corrected chi connectivity index (χ1v) is 10.1. The van der Waals surface area contributed by atoms with E-state index in [0.717, 1.165) is 32.5 Å². The Morgan fingerprint density at radius 3 is 1.34 bits per heavy atom. The monoisotopic (exact) mass is 402 g/mol. The van der Waals surface area contributed by atoms with Crippen LogP contribution in [0.5, 0.6) is 0 Å². The summed E-state index contributed by atoms with van der Waals surface area (Å²) in [6.45, 7) is 3.35. The maximum Gasteiger partial charge on any atom is 0.253 e. The van der Waals surface area contributed by atoms with Gasteiger partial charge in [0.15, 0.2) is 0 Å². The molecule has 2 heterocycles. The molecule has 5 aliphatic rings. The summed E-state index contributed by atoms with van der Waals surface area (Å²) in [5.74, 6) is -0.975. The summed E-state index contributed by atoms with van der Waals surface area (Å²) in [6.07, 6.45) is 9.84. The molecule has 0 aromatic heterocycles. The van der Waals surface area contributed by atoms with E-state index in [0.29, 0.717) is 39.1 Å². The third-order valence-corrected chi connectivity index (χ3v) is 6.21. The minimum Gasteiger partial charge on any atom is -0.381 e. The van der Waals surface area contributed by atoms with Crippen LogP contribution in [0.3, 0.4) is 0 Å². The highest BCUT2D eigenvalue weighted by molar-refractivity contribution is 6.13. The molecule has 0 saturated heterocycles. The zero-order valence-corrected chi connectivity index (χ0v) is 16.4. The van der Waals surface area contributed by atoms with E-state index in [2.05, 4.69) is 0 Å². The molecular formula is C21H26N2O6. The fourth-order valence-electron chi connectivity index (χ4n) is 5.07. The molecule has 29 heavy (non-hydrogen) atoms. The molecule has 0 radical (unpaired) electrons. The standard InChI is InChI=1S/C21H26N2O6/c24-16-3-4-17(25)22(16)7-1-9-28-14-20-11-21(12-20,13-20)15-29-10-2-8-23-18(26)5-6-19(23)27/h3-6H,1-2,7-15H2. The van der Waals surface area contributed by atoms with Crippen molar-refractivity contribution in [2.45, 2.75) is 32.1 Å². The number of hydrogen-bond acceptors (Lipinski definition) is 6. The van der Waals surface area contributed by atoms with Gasteiger partial charge in [-0.2, -0.15) is 0 Å². The number of carbonyl (C=O) groups excluding carboxylic acids is 4. The third kappa shape index (κ3) is 4.04. The number of hydrogen-bond donors (Lipinski definition) is 0. The van der Waals surface area contributed by atoms with E-state index < -0.39 is 0 Å². The summed E-state index contributed by atoms with van der Waals surface area (Å²) in [7, 11) is 0. The van der Waals surface area contributed by atoms with Crippen molar-refractivity contribution in [3.63, 3.8) is 0 Å². The highest BCUT2D eigenvalue weighted by Crippen LogP contribution is 2.73. The van der Waals surface area contributed by atoms with E-state index in [1.165, 1.54) is 34.1 Å². The zero-order chi connectivity index (χ0) is 20.5. The molecule has 5 rings (SSSR count). The highest BCUT2D eigenvalue weighted by atomic mass is 16.5. The van der Waals surface area contributed by atoms with Crippen LogP contribution in [0.25, 0.3) is 0 Å². The molecule has 0 aromatic carbocycles. The Morgan fingerprint density at radius 2 is 1.00 bits per heavy atom. The Labute approximate surface area is 169 Å².